The second kappa shape index (κ2) is 5.79. The molecule has 0 spiro atoms. The number of hydrogen-bond donors (Lipinski definition) is 1. The van der Waals surface area contributed by atoms with Gasteiger partial charge in [0, 0.05) is 10.6 Å². The zero-order valence-corrected chi connectivity index (χ0v) is 11.6. The number of nitrogens with zero attached hydrogens (tertiary/aromatic N) is 1. The van der Waals surface area contributed by atoms with Crippen molar-refractivity contribution in [2.45, 2.75) is 0 Å². The van der Waals surface area contributed by atoms with Crippen LogP contribution in [-0.4, -0.2) is 30.3 Å². The van der Waals surface area contributed by atoms with E-state index < -0.39 is 5.97 Å². The topological polar surface area (TPSA) is 68.7 Å². The van der Waals surface area contributed by atoms with E-state index in [4.69, 9.17) is 26.2 Å². The fourth-order valence-corrected chi connectivity index (χ4v) is 1.96. The molecule has 6 heteroatoms. The highest BCUT2D eigenvalue weighted by Crippen LogP contribution is 2.32. The Morgan fingerprint density at radius 3 is 2.45 bits per heavy atom. The zero-order chi connectivity index (χ0) is 14.7. The number of carboxylic acids is 1. The van der Waals surface area contributed by atoms with Crippen LogP contribution in [0.2, 0.25) is 5.02 Å². The van der Waals surface area contributed by atoms with E-state index in [-0.39, 0.29) is 5.69 Å². The van der Waals surface area contributed by atoms with Gasteiger partial charge in [-0.2, -0.15) is 0 Å². The second-order valence-electron chi connectivity index (χ2n) is 3.93. The third kappa shape index (κ3) is 2.83. The predicted molar refractivity (Wildman–Crippen MR) is 74.7 cm³/mol. The van der Waals surface area contributed by atoms with Crippen molar-refractivity contribution in [1.29, 1.82) is 0 Å². The van der Waals surface area contributed by atoms with Crippen molar-refractivity contribution in [2.75, 3.05) is 14.2 Å². The van der Waals surface area contributed by atoms with E-state index in [1.807, 2.05) is 0 Å². The Kier molecular flexibility index (Phi) is 4.10. The molecule has 5 nitrogen and oxygen atoms in total. The molecule has 0 saturated carbocycles. The Hall–Kier alpha value is -2.27. The molecule has 0 aliphatic heterocycles. The molecule has 20 heavy (non-hydrogen) atoms. The summed E-state index contributed by atoms with van der Waals surface area (Å²) in [5.41, 5.74) is 1.03. The summed E-state index contributed by atoms with van der Waals surface area (Å²) in [5, 5.41) is 9.31. The summed E-state index contributed by atoms with van der Waals surface area (Å²) in [6.45, 7) is 0. The lowest BCUT2D eigenvalue weighted by atomic mass is 10.1. The van der Waals surface area contributed by atoms with Crippen LogP contribution < -0.4 is 9.47 Å². The highest BCUT2D eigenvalue weighted by molar-refractivity contribution is 6.31. The van der Waals surface area contributed by atoms with E-state index in [2.05, 4.69) is 4.98 Å². The van der Waals surface area contributed by atoms with E-state index >= 15 is 0 Å². The molecule has 0 aliphatic carbocycles. The number of halogens is 1. The third-order valence-corrected chi connectivity index (χ3v) is 2.91. The molecular formula is C14H12ClNO4. The molecule has 0 radical (unpaired) electrons. The summed E-state index contributed by atoms with van der Waals surface area (Å²) in [6, 6.07) is 8.08. The molecule has 1 aromatic carbocycles. The first-order valence-corrected chi connectivity index (χ1v) is 6.06. The largest absolute Gasteiger partial charge is 0.493 e. The quantitative estimate of drug-likeness (QED) is 0.938. The minimum absolute atomic E-state index is 0.109. The first-order chi connectivity index (χ1) is 9.55. The summed E-state index contributed by atoms with van der Waals surface area (Å²) in [6.07, 6.45) is 0. The fourth-order valence-electron chi connectivity index (χ4n) is 1.75. The smallest absolute Gasteiger partial charge is 0.354 e. The van der Waals surface area contributed by atoms with Crippen molar-refractivity contribution < 1.29 is 19.4 Å². The molecule has 0 unspecified atom stereocenters. The molecule has 104 valence electrons. The predicted octanol–water partition coefficient (Wildman–Crippen LogP) is 3.12. The Morgan fingerprint density at radius 1 is 1.15 bits per heavy atom. The first-order valence-electron chi connectivity index (χ1n) is 5.68. The van der Waals surface area contributed by atoms with Gasteiger partial charge in [0.05, 0.1) is 19.9 Å². The molecule has 0 fully saturated rings. The molecular weight excluding hydrogens is 282 g/mol. The Labute approximate surface area is 120 Å². The van der Waals surface area contributed by atoms with Gasteiger partial charge < -0.3 is 14.6 Å². The third-order valence-electron chi connectivity index (χ3n) is 2.69. The lowest BCUT2D eigenvalue weighted by Crippen LogP contribution is -2.01. The molecule has 0 atom stereocenters. The Bertz CT molecular complexity index is 658. The minimum Gasteiger partial charge on any atom is -0.493 e. The van der Waals surface area contributed by atoms with Gasteiger partial charge in [0.15, 0.2) is 11.5 Å². The number of aromatic carboxylic acids is 1. The Balaban J connectivity index is 2.53. The van der Waals surface area contributed by atoms with Crippen LogP contribution in [-0.2, 0) is 0 Å². The number of benzene rings is 1. The zero-order valence-electron chi connectivity index (χ0n) is 10.9. The van der Waals surface area contributed by atoms with E-state index in [1.54, 1.807) is 24.3 Å². The summed E-state index contributed by atoms with van der Waals surface area (Å²) >= 11 is 5.92. The molecule has 2 rings (SSSR count). The standard InChI is InChI=1S/C14H12ClNO4/c1-19-12-4-3-8(5-13(12)20-2)10-6-9(15)7-11(16-10)14(17)18/h3-7H,1-2H3,(H,17,18). The summed E-state index contributed by atoms with van der Waals surface area (Å²) < 4.78 is 10.4. The van der Waals surface area contributed by atoms with Crippen molar-refractivity contribution in [3.63, 3.8) is 0 Å². The number of aromatic nitrogens is 1. The molecule has 0 aliphatic rings. The second-order valence-corrected chi connectivity index (χ2v) is 4.37. The molecule has 0 bridgehead atoms. The van der Waals surface area contributed by atoms with Crippen molar-refractivity contribution in [1.82, 2.24) is 4.98 Å². The van der Waals surface area contributed by atoms with Crippen LogP contribution in [0, 0.1) is 0 Å². The van der Waals surface area contributed by atoms with Crippen molar-refractivity contribution in [3.8, 4) is 22.8 Å². The summed E-state index contributed by atoms with van der Waals surface area (Å²) in [4.78, 5) is 15.0. The number of carboxylic acid groups (broad SMARTS) is 1. The average Bonchev–Trinajstić information content (AvgIpc) is 2.45. The Morgan fingerprint density at radius 2 is 1.85 bits per heavy atom. The minimum atomic E-state index is -1.13. The van der Waals surface area contributed by atoms with Gasteiger partial charge in [0.2, 0.25) is 0 Å². The number of carbonyl (C=O) groups is 1. The maximum atomic E-state index is 11.0. The van der Waals surface area contributed by atoms with Crippen LogP contribution in [0.15, 0.2) is 30.3 Å². The van der Waals surface area contributed by atoms with Gasteiger partial charge in [0.25, 0.3) is 0 Å². The average molecular weight is 294 g/mol. The summed E-state index contributed by atoms with van der Waals surface area (Å²) in [7, 11) is 3.06. The maximum absolute atomic E-state index is 11.0. The van der Waals surface area contributed by atoms with Crippen molar-refractivity contribution in [2.24, 2.45) is 0 Å². The number of hydrogen-bond acceptors (Lipinski definition) is 4. The number of methoxy groups -OCH3 is 2. The van der Waals surface area contributed by atoms with E-state index in [0.29, 0.717) is 27.8 Å². The van der Waals surface area contributed by atoms with E-state index in [1.165, 1.54) is 20.3 Å². The van der Waals surface area contributed by atoms with E-state index in [0.717, 1.165) is 0 Å². The van der Waals surface area contributed by atoms with Crippen molar-refractivity contribution >= 4 is 17.6 Å². The summed E-state index contributed by atoms with van der Waals surface area (Å²) in [5.74, 6) is -0.0189. The van der Waals surface area contributed by atoms with Gasteiger partial charge in [-0.15, -0.1) is 0 Å². The van der Waals surface area contributed by atoms with Gasteiger partial charge in [-0.25, -0.2) is 9.78 Å². The van der Waals surface area contributed by atoms with Crippen LogP contribution in [0.25, 0.3) is 11.3 Å². The van der Waals surface area contributed by atoms with Crippen LogP contribution in [0.3, 0.4) is 0 Å². The molecule has 1 N–H and O–H groups in total. The lowest BCUT2D eigenvalue weighted by molar-refractivity contribution is 0.0690. The maximum Gasteiger partial charge on any atom is 0.354 e. The lowest BCUT2D eigenvalue weighted by Gasteiger charge is -2.10. The van der Waals surface area contributed by atoms with Crippen LogP contribution >= 0.6 is 11.6 Å². The number of pyridine rings is 1. The highest BCUT2D eigenvalue weighted by atomic mass is 35.5. The van der Waals surface area contributed by atoms with Gasteiger partial charge in [-0.1, -0.05) is 11.6 Å². The van der Waals surface area contributed by atoms with Crippen LogP contribution in [0.4, 0.5) is 0 Å². The molecule has 0 amide bonds. The monoisotopic (exact) mass is 293 g/mol. The molecule has 0 saturated heterocycles. The number of ether oxygens (including phenoxy) is 2. The molecule has 1 heterocycles. The molecule has 2 aromatic rings. The normalized spacial score (nSPS) is 10.2. The SMILES string of the molecule is COc1ccc(-c2cc(Cl)cc(C(=O)O)n2)cc1OC. The van der Waals surface area contributed by atoms with Gasteiger partial charge >= 0.3 is 5.97 Å². The van der Waals surface area contributed by atoms with Crippen LogP contribution in [0.5, 0.6) is 11.5 Å². The fraction of sp³-hybridized carbons (Fsp3) is 0.143. The van der Waals surface area contributed by atoms with Gasteiger partial charge in [0.1, 0.15) is 5.69 Å². The first kappa shape index (κ1) is 14.1. The number of rotatable bonds is 4. The molecule has 1 aromatic heterocycles. The van der Waals surface area contributed by atoms with Gasteiger partial charge in [-0.05, 0) is 30.3 Å². The van der Waals surface area contributed by atoms with Crippen molar-refractivity contribution in [3.05, 3.63) is 41.0 Å². The van der Waals surface area contributed by atoms with E-state index in [9.17, 15) is 4.79 Å². The highest BCUT2D eigenvalue weighted by Gasteiger charge is 2.12. The van der Waals surface area contributed by atoms with Crippen LogP contribution in [0.1, 0.15) is 10.5 Å². The van der Waals surface area contributed by atoms with Gasteiger partial charge in [-0.3, -0.25) is 0 Å².